The van der Waals surface area contributed by atoms with E-state index in [1.807, 2.05) is 0 Å². The number of esters is 3. The zero-order chi connectivity index (χ0) is 70.9. The molecule has 0 bridgehead atoms. The third-order valence-corrected chi connectivity index (χ3v) is 17.0. The molecule has 0 fully saturated rings. The molecule has 97 heavy (non-hydrogen) atoms. The fourth-order valence-electron chi connectivity index (χ4n) is 9.46. The lowest BCUT2D eigenvalue weighted by Crippen LogP contribution is -2.30. The van der Waals surface area contributed by atoms with Gasteiger partial charge in [0.1, 0.15) is 25.4 Å². The van der Waals surface area contributed by atoms with Crippen molar-refractivity contribution in [3.05, 3.63) is 146 Å². The highest BCUT2D eigenvalue weighted by Crippen LogP contribution is 2.45. The number of phosphoric ester groups is 2. The van der Waals surface area contributed by atoms with Crippen molar-refractivity contribution >= 4 is 33.6 Å². The molecule has 4 N–H and O–H groups in total. The second-order valence-electron chi connectivity index (χ2n) is 24.3. The predicted octanol–water partition coefficient (Wildman–Crippen LogP) is 21.3. The highest BCUT2D eigenvalue weighted by Gasteiger charge is 2.29. The summed E-state index contributed by atoms with van der Waals surface area (Å²) < 4.78 is 60.9. The van der Waals surface area contributed by atoms with Gasteiger partial charge in [-0.25, -0.2) is 9.13 Å². The molecular formula is C79H132O16P2. The molecule has 0 aromatic rings. The summed E-state index contributed by atoms with van der Waals surface area (Å²) in [6.07, 6.45) is 86.3. The monoisotopic (exact) mass is 1400 g/mol. The van der Waals surface area contributed by atoms with Crippen LogP contribution in [-0.4, -0.2) is 95.9 Å². The van der Waals surface area contributed by atoms with E-state index in [0.29, 0.717) is 19.3 Å². The number of aliphatic hydroxyl groups excluding tert-OH is 2. The Labute approximate surface area is 587 Å². The minimum absolute atomic E-state index is 0.0935. The topological polar surface area (TPSA) is 231 Å². The fourth-order valence-corrected chi connectivity index (χ4v) is 11.0. The molecule has 0 heterocycles. The van der Waals surface area contributed by atoms with Gasteiger partial charge in [0.25, 0.3) is 0 Å². The fraction of sp³-hybridized carbons (Fsp3) is 0.658. The van der Waals surface area contributed by atoms with E-state index < -0.39 is 91.5 Å². The number of carbonyl (C=O) groups is 3. The van der Waals surface area contributed by atoms with Crippen LogP contribution in [-0.2, 0) is 55.8 Å². The largest absolute Gasteiger partial charge is 0.472 e. The van der Waals surface area contributed by atoms with E-state index in [1.165, 1.54) is 70.6 Å². The molecule has 16 nitrogen and oxygen atoms in total. The van der Waals surface area contributed by atoms with Crippen LogP contribution in [0, 0.1) is 0 Å². The minimum atomic E-state index is -4.94. The third-order valence-electron chi connectivity index (χ3n) is 15.1. The molecular weight excluding hydrogens is 1270 g/mol. The van der Waals surface area contributed by atoms with Gasteiger partial charge in [0.05, 0.1) is 26.4 Å². The Morgan fingerprint density at radius 2 is 0.546 bits per heavy atom. The van der Waals surface area contributed by atoms with Crippen LogP contribution in [0.15, 0.2) is 146 Å². The predicted molar refractivity (Wildman–Crippen MR) is 399 cm³/mol. The third kappa shape index (κ3) is 72.5. The molecule has 0 saturated carbocycles. The first-order chi connectivity index (χ1) is 47.2. The van der Waals surface area contributed by atoms with Crippen molar-refractivity contribution in [2.45, 2.75) is 296 Å². The highest BCUT2D eigenvalue weighted by atomic mass is 31.2. The van der Waals surface area contributed by atoms with Crippen LogP contribution in [0.2, 0.25) is 0 Å². The quantitative estimate of drug-likeness (QED) is 0.0146. The summed E-state index contributed by atoms with van der Waals surface area (Å²) in [5.74, 6) is -1.63. The zero-order valence-corrected chi connectivity index (χ0v) is 62.0. The van der Waals surface area contributed by atoms with E-state index in [-0.39, 0.29) is 19.3 Å². The molecule has 0 amide bonds. The summed E-state index contributed by atoms with van der Waals surface area (Å²) in [5, 5.41) is 20.6. The van der Waals surface area contributed by atoms with Crippen LogP contribution in [0.3, 0.4) is 0 Å². The molecule has 5 atom stereocenters. The van der Waals surface area contributed by atoms with E-state index in [4.69, 9.17) is 32.3 Å². The Hall–Kier alpha value is -4.57. The van der Waals surface area contributed by atoms with Gasteiger partial charge in [-0.15, -0.1) is 0 Å². The van der Waals surface area contributed by atoms with Crippen LogP contribution < -0.4 is 0 Å². The number of aliphatic hydroxyl groups is 2. The van der Waals surface area contributed by atoms with Crippen molar-refractivity contribution in [3.63, 3.8) is 0 Å². The first-order valence-electron chi connectivity index (χ1n) is 37.1. The van der Waals surface area contributed by atoms with Crippen molar-refractivity contribution in [1.29, 1.82) is 0 Å². The number of hydrogen-bond donors (Lipinski definition) is 4. The molecule has 0 aliphatic heterocycles. The summed E-state index contributed by atoms with van der Waals surface area (Å²) in [4.78, 5) is 58.4. The molecule has 0 rings (SSSR count). The van der Waals surface area contributed by atoms with Gasteiger partial charge in [-0.1, -0.05) is 282 Å². The number of allylic oxidation sites excluding steroid dienone is 24. The Morgan fingerprint density at radius 3 is 0.887 bits per heavy atom. The number of carbonyl (C=O) groups excluding carboxylic acids is 3. The van der Waals surface area contributed by atoms with Gasteiger partial charge in [-0.3, -0.25) is 32.5 Å². The van der Waals surface area contributed by atoms with Gasteiger partial charge in [-0.05, 0) is 122 Å². The standard InChI is InChI=1S/C79H132O16P2/c1-4-7-10-13-16-19-22-24-26-28-30-32-33-34-35-36-37-38-39-41-43-44-46-48-51-53-56-59-62-65-77(82)89-68-74(80)69-91-96(85,86)92-70-75(81)71-93-97(87,88)94-73-76(95-79(84)67-64-61-58-55-50-21-18-15-12-9-6-3)72-90-78(83)66-63-60-57-54-52-49-47-45-42-40-31-29-27-25-23-20-17-14-11-8-5-2/h7-8,10-11,16-17,19-20,24-27,30-32,34-35,37-38,40,45,47,52,54,74-76,80-81H,4-6,9,12-15,18,21-23,28-29,33,36,39,41-44,46,48-51,53,55-73H2,1-3H3,(H,85,86)(H,87,88)/b10-7-,11-8-,19-16-,20-17-,26-24-,27-25-,32-30-,35-34-,38-37-,40-31-,47-45-,54-52-. The van der Waals surface area contributed by atoms with E-state index >= 15 is 0 Å². The van der Waals surface area contributed by atoms with Gasteiger partial charge in [0.15, 0.2) is 6.10 Å². The van der Waals surface area contributed by atoms with Crippen molar-refractivity contribution < 1.29 is 75.8 Å². The first kappa shape index (κ1) is 92.4. The highest BCUT2D eigenvalue weighted by molar-refractivity contribution is 7.47. The molecule has 554 valence electrons. The molecule has 0 aliphatic carbocycles. The van der Waals surface area contributed by atoms with E-state index in [9.17, 15) is 43.5 Å². The van der Waals surface area contributed by atoms with Gasteiger partial charge in [0, 0.05) is 19.3 Å². The SMILES string of the molecule is CC/C=C\C/C=C\C/C=C\C/C=C\C/C=C\C/C=C\CCCCCCCCCCCCC(=O)OCC(O)COP(=O)(O)OCC(O)COP(=O)(O)OCC(COC(=O)CCCC/C=C\C/C=C\C/C=C\C/C=C\C/C=C\C/C=C\CC)OC(=O)CCCCCCCCCCCCC. The van der Waals surface area contributed by atoms with Crippen LogP contribution >= 0.6 is 15.6 Å². The van der Waals surface area contributed by atoms with E-state index in [1.54, 1.807) is 0 Å². The van der Waals surface area contributed by atoms with E-state index in [0.717, 1.165) is 148 Å². The summed E-state index contributed by atoms with van der Waals surface area (Å²) in [5.41, 5.74) is 0. The zero-order valence-electron chi connectivity index (χ0n) is 60.2. The second kappa shape index (κ2) is 71.3. The number of ether oxygens (including phenoxy) is 3. The summed E-state index contributed by atoms with van der Waals surface area (Å²) in [6.45, 7) is 2.37. The van der Waals surface area contributed by atoms with Crippen molar-refractivity contribution in [1.82, 2.24) is 0 Å². The van der Waals surface area contributed by atoms with Crippen LogP contribution in [0.25, 0.3) is 0 Å². The molecule has 18 heteroatoms. The van der Waals surface area contributed by atoms with Gasteiger partial charge < -0.3 is 34.2 Å². The van der Waals surface area contributed by atoms with Crippen LogP contribution in [0.5, 0.6) is 0 Å². The molecule has 0 aromatic carbocycles. The molecule has 0 spiro atoms. The smallest absolute Gasteiger partial charge is 0.463 e. The van der Waals surface area contributed by atoms with E-state index in [2.05, 4.69) is 167 Å². The Bertz CT molecular complexity index is 2350. The minimum Gasteiger partial charge on any atom is -0.463 e. The number of rotatable bonds is 69. The van der Waals surface area contributed by atoms with Crippen LogP contribution in [0.4, 0.5) is 0 Å². The molecule has 5 unspecified atom stereocenters. The average Bonchev–Trinajstić information content (AvgIpc) is 3.74. The van der Waals surface area contributed by atoms with Gasteiger partial charge in [0.2, 0.25) is 0 Å². The van der Waals surface area contributed by atoms with Crippen LogP contribution in [0.1, 0.15) is 278 Å². The maximum atomic E-state index is 12.9. The molecule has 0 aliphatic rings. The Kier molecular flexibility index (Phi) is 67.9. The number of unbranched alkanes of at least 4 members (excludes halogenated alkanes) is 22. The first-order valence-corrected chi connectivity index (χ1v) is 40.1. The molecule has 0 saturated heterocycles. The van der Waals surface area contributed by atoms with Crippen molar-refractivity contribution in [2.75, 3.05) is 39.6 Å². The maximum Gasteiger partial charge on any atom is 0.472 e. The molecule has 0 radical (unpaired) electrons. The lowest BCUT2D eigenvalue weighted by molar-refractivity contribution is -0.161. The average molecular weight is 1400 g/mol. The lowest BCUT2D eigenvalue weighted by Gasteiger charge is -2.21. The van der Waals surface area contributed by atoms with Crippen molar-refractivity contribution in [2.24, 2.45) is 0 Å². The normalized spacial score (nSPS) is 14.9. The van der Waals surface area contributed by atoms with Crippen molar-refractivity contribution in [3.8, 4) is 0 Å². The number of hydrogen-bond acceptors (Lipinski definition) is 14. The second-order valence-corrected chi connectivity index (χ2v) is 27.2. The lowest BCUT2D eigenvalue weighted by atomic mass is 10.1. The summed E-state index contributed by atoms with van der Waals surface area (Å²) in [7, 11) is -9.80. The summed E-state index contributed by atoms with van der Waals surface area (Å²) >= 11 is 0. The summed E-state index contributed by atoms with van der Waals surface area (Å²) in [6, 6.07) is 0. The Balaban J connectivity index is 4.51. The molecule has 0 aromatic heterocycles. The maximum absolute atomic E-state index is 12.9. The van der Waals surface area contributed by atoms with Gasteiger partial charge >= 0.3 is 33.6 Å². The Morgan fingerprint density at radius 1 is 0.299 bits per heavy atom. The number of phosphoric acid groups is 2. The van der Waals surface area contributed by atoms with Gasteiger partial charge in [-0.2, -0.15) is 0 Å².